The van der Waals surface area contributed by atoms with Crippen LogP contribution in [0.15, 0.2) is 40.6 Å². The Labute approximate surface area is 98.8 Å². The Hall–Kier alpha value is -2.37. The van der Waals surface area contributed by atoms with Crippen LogP contribution in [0.1, 0.15) is 13.3 Å². The minimum Gasteiger partial charge on any atom is -0.410 e. The Balaban J connectivity index is 2.83. The van der Waals surface area contributed by atoms with Crippen LogP contribution in [0.25, 0.3) is 0 Å². The smallest absolute Gasteiger partial charge is 0.279 e. The first-order chi connectivity index (χ1) is 8.22. The minimum atomic E-state index is -0.551. The molecule has 6 nitrogen and oxygen atoms in total. The average Bonchev–Trinajstić information content (AvgIpc) is 2.36. The Morgan fingerprint density at radius 2 is 2.06 bits per heavy atom. The average molecular weight is 234 g/mol. The quantitative estimate of drug-likeness (QED) is 0.315. The maximum Gasteiger partial charge on any atom is 0.279 e. The van der Waals surface area contributed by atoms with Gasteiger partial charge in [0, 0.05) is 5.69 Å². The summed E-state index contributed by atoms with van der Waals surface area (Å²) in [7, 11) is 0. The zero-order chi connectivity index (χ0) is 12.7. The van der Waals surface area contributed by atoms with Gasteiger partial charge in [0.15, 0.2) is 5.71 Å². The van der Waals surface area contributed by atoms with E-state index in [1.165, 1.54) is 0 Å². The number of nitrogens with two attached hydrogens (primary N) is 1. The predicted molar refractivity (Wildman–Crippen MR) is 66.2 cm³/mol. The number of rotatable bonds is 4. The molecule has 0 bridgehead atoms. The second-order valence-electron chi connectivity index (χ2n) is 3.20. The normalized spacial score (nSPS) is 12.3. The van der Waals surface area contributed by atoms with Crippen LogP contribution in [-0.2, 0) is 4.79 Å². The number of benzene rings is 1. The molecule has 0 spiro atoms. The van der Waals surface area contributed by atoms with Crippen LogP contribution in [0.3, 0.4) is 0 Å². The molecule has 0 saturated heterocycles. The van der Waals surface area contributed by atoms with Gasteiger partial charge in [-0.3, -0.25) is 4.79 Å². The zero-order valence-electron chi connectivity index (χ0n) is 9.42. The summed E-state index contributed by atoms with van der Waals surface area (Å²) in [6.07, 6.45) is 0.401. The Morgan fingerprint density at radius 1 is 1.41 bits per heavy atom. The number of hydrazone groups is 1. The van der Waals surface area contributed by atoms with Crippen molar-refractivity contribution in [1.29, 1.82) is 0 Å². The molecule has 4 N–H and O–H groups in total. The van der Waals surface area contributed by atoms with E-state index in [1.54, 1.807) is 31.2 Å². The van der Waals surface area contributed by atoms with Gasteiger partial charge in [0.1, 0.15) is 0 Å². The number of nitrogens with zero attached hydrogens (tertiary/aromatic N) is 2. The lowest BCUT2D eigenvalue weighted by Crippen LogP contribution is -2.30. The molecule has 0 saturated carbocycles. The molecule has 0 unspecified atom stereocenters. The fourth-order valence-electron chi connectivity index (χ4n) is 1.27. The first-order valence-electron chi connectivity index (χ1n) is 5.08. The van der Waals surface area contributed by atoms with Crippen LogP contribution >= 0.6 is 0 Å². The van der Waals surface area contributed by atoms with E-state index in [0.29, 0.717) is 12.1 Å². The highest BCUT2D eigenvalue weighted by Gasteiger charge is 2.17. The molecule has 0 fully saturated rings. The molecule has 0 radical (unpaired) electrons. The fourth-order valence-corrected chi connectivity index (χ4v) is 1.27. The lowest BCUT2D eigenvalue weighted by atomic mass is 10.1. The van der Waals surface area contributed by atoms with Crippen LogP contribution in [0.4, 0.5) is 5.69 Å². The van der Waals surface area contributed by atoms with Crippen molar-refractivity contribution >= 4 is 23.0 Å². The van der Waals surface area contributed by atoms with Crippen LogP contribution < -0.4 is 11.2 Å². The van der Waals surface area contributed by atoms with Crippen molar-refractivity contribution in [2.45, 2.75) is 13.3 Å². The maximum absolute atomic E-state index is 11.8. The van der Waals surface area contributed by atoms with E-state index >= 15 is 0 Å². The van der Waals surface area contributed by atoms with Gasteiger partial charge >= 0.3 is 0 Å². The summed E-state index contributed by atoms with van der Waals surface area (Å²) in [6.45, 7) is 1.76. The standard InChI is InChI=1S/C11H14N4O2/c1-2-9(14-12)10(15-17)11(16)13-8-6-4-3-5-7-8/h3-7,17H,2,12H2,1H3,(H,13,16)/b14-9-,15-10+. The summed E-state index contributed by atoms with van der Waals surface area (Å²) in [5.74, 6) is 4.56. The van der Waals surface area contributed by atoms with E-state index in [9.17, 15) is 4.79 Å². The van der Waals surface area contributed by atoms with E-state index in [2.05, 4.69) is 15.6 Å². The summed E-state index contributed by atoms with van der Waals surface area (Å²) in [5.41, 5.74) is 0.658. The van der Waals surface area contributed by atoms with E-state index in [1.807, 2.05) is 6.07 Å². The van der Waals surface area contributed by atoms with E-state index < -0.39 is 5.91 Å². The summed E-state index contributed by atoms with van der Waals surface area (Å²) in [6, 6.07) is 8.83. The van der Waals surface area contributed by atoms with Crippen LogP contribution in [0, 0.1) is 0 Å². The number of oxime groups is 1. The van der Waals surface area contributed by atoms with Gasteiger partial charge in [-0.25, -0.2) is 0 Å². The van der Waals surface area contributed by atoms with Gasteiger partial charge in [-0.2, -0.15) is 5.10 Å². The molecule has 0 aliphatic heterocycles. The van der Waals surface area contributed by atoms with Crippen molar-refractivity contribution in [3.63, 3.8) is 0 Å². The third kappa shape index (κ3) is 3.30. The topological polar surface area (TPSA) is 100 Å². The first kappa shape index (κ1) is 12.7. The molecule has 1 amide bonds. The molecule has 0 atom stereocenters. The van der Waals surface area contributed by atoms with Gasteiger partial charge < -0.3 is 16.4 Å². The molecule has 0 heterocycles. The Kier molecular flexibility index (Phi) is 4.68. The first-order valence-corrected chi connectivity index (χ1v) is 5.08. The molecule has 90 valence electrons. The van der Waals surface area contributed by atoms with Crippen molar-refractivity contribution in [3.05, 3.63) is 30.3 Å². The number of anilines is 1. The van der Waals surface area contributed by atoms with Crippen LogP contribution in [-0.4, -0.2) is 22.5 Å². The third-order valence-corrected chi connectivity index (χ3v) is 2.11. The van der Waals surface area contributed by atoms with Crippen molar-refractivity contribution in [1.82, 2.24) is 0 Å². The van der Waals surface area contributed by atoms with Gasteiger partial charge in [-0.05, 0) is 18.6 Å². The lowest BCUT2D eigenvalue weighted by Gasteiger charge is -2.06. The molecule has 0 aliphatic rings. The van der Waals surface area contributed by atoms with Crippen LogP contribution in [0.5, 0.6) is 0 Å². The summed E-state index contributed by atoms with van der Waals surface area (Å²) >= 11 is 0. The van der Waals surface area contributed by atoms with Gasteiger partial charge in [0.25, 0.3) is 5.91 Å². The number of hydrogen-bond donors (Lipinski definition) is 3. The van der Waals surface area contributed by atoms with E-state index in [0.717, 1.165) is 0 Å². The number of amides is 1. The van der Waals surface area contributed by atoms with E-state index in [4.69, 9.17) is 11.0 Å². The summed E-state index contributed by atoms with van der Waals surface area (Å²) < 4.78 is 0. The number of para-hydroxylation sites is 1. The fraction of sp³-hybridized carbons (Fsp3) is 0.182. The largest absolute Gasteiger partial charge is 0.410 e. The highest BCUT2D eigenvalue weighted by molar-refractivity contribution is 6.68. The second kappa shape index (κ2) is 6.26. The third-order valence-electron chi connectivity index (χ3n) is 2.11. The summed E-state index contributed by atoms with van der Waals surface area (Å²) in [4.78, 5) is 11.8. The lowest BCUT2D eigenvalue weighted by molar-refractivity contribution is -0.110. The van der Waals surface area contributed by atoms with Gasteiger partial charge in [-0.15, -0.1) is 0 Å². The second-order valence-corrected chi connectivity index (χ2v) is 3.20. The zero-order valence-corrected chi connectivity index (χ0v) is 9.42. The minimum absolute atomic E-state index is 0.182. The van der Waals surface area contributed by atoms with Crippen LogP contribution in [0.2, 0.25) is 0 Å². The SMILES string of the molecule is CCC(=N/N)/C(=N\O)C(=O)Nc1ccccc1. The molecule has 1 aromatic carbocycles. The highest BCUT2D eigenvalue weighted by atomic mass is 16.4. The maximum atomic E-state index is 11.8. The summed E-state index contributed by atoms with van der Waals surface area (Å²) in [5, 5.41) is 17.7. The Bertz CT molecular complexity index is 440. The highest BCUT2D eigenvalue weighted by Crippen LogP contribution is 2.05. The molecular formula is C11H14N4O2. The number of nitrogens with one attached hydrogen (secondary N) is 1. The molecular weight excluding hydrogens is 220 g/mol. The van der Waals surface area contributed by atoms with Gasteiger partial charge in [0.05, 0.1) is 5.71 Å². The Morgan fingerprint density at radius 3 is 2.53 bits per heavy atom. The molecule has 17 heavy (non-hydrogen) atoms. The van der Waals surface area contributed by atoms with Crippen molar-refractivity contribution < 1.29 is 10.0 Å². The molecule has 0 aliphatic carbocycles. The van der Waals surface area contributed by atoms with Gasteiger partial charge in [0.2, 0.25) is 0 Å². The van der Waals surface area contributed by atoms with E-state index in [-0.39, 0.29) is 11.4 Å². The molecule has 0 aromatic heterocycles. The predicted octanol–water partition coefficient (Wildman–Crippen LogP) is 1.18. The number of hydrogen-bond acceptors (Lipinski definition) is 5. The van der Waals surface area contributed by atoms with Crippen molar-refractivity contribution in [3.8, 4) is 0 Å². The number of carbonyl (C=O) groups excluding carboxylic acids is 1. The monoisotopic (exact) mass is 234 g/mol. The molecule has 1 aromatic rings. The van der Waals surface area contributed by atoms with Gasteiger partial charge in [-0.1, -0.05) is 30.3 Å². The molecule has 1 rings (SSSR count). The van der Waals surface area contributed by atoms with Crippen molar-refractivity contribution in [2.24, 2.45) is 16.1 Å². The number of carbonyl (C=O) groups is 1. The molecule has 6 heteroatoms. The van der Waals surface area contributed by atoms with Crippen molar-refractivity contribution in [2.75, 3.05) is 5.32 Å².